The molecule has 6 heteroatoms. The first-order valence-electron chi connectivity index (χ1n) is 25.3. The number of carbonyl (C=O) groups excluding carboxylic acids is 3. The summed E-state index contributed by atoms with van der Waals surface area (Å²) in [5.74, 6) is -1.01. The Balaban J connectivity index is 4.56. The molecule has 358 valence electrons. The van der Waals surface area contributed by atoms with E-state index in [0.29, 0.717) is 19.3 Å². The summed E-state index contributed by atoms with van der Waals surface area (Å²) in [4.78, 5) is 38.0. The quantitative estimate of drug-likeness (QED) is 0.0263. The van der Waals surface area contributed by atoms with Crippen molar-refractivity contribution in [2.45, 2.75) is 200 Å². The maximum absolute atomic E-state index is 12.8. The molecule has 0 aromatic rings. The van der Waals surface area contributed by atoms with Crippen LogP contribution in [0, 0.1) is 0 Å². The summed E-state index contributed by atoms with van der Waals surface area (Å²) in [6.45, 7) is 6.25. The van der Waals surface area contributed by atoms with Crippen LogP contribution >= 0.6 is 0 Å². The minimum Gasteiger partial charge on any atom is -0.462 e. The van der Waals surface area contributed by atoms with Crippen LogP contribution in [0.1, 0.15) is 194 Å². The Morgan fingerprint density at radius 1 is 0.328 bits per heavy atom. The number of hydrogen-bond donors (Lipinski definition) is 0. The van der Waals surface area contributed by atoms with Gasteiger partial charge in [-0.15, -0.1) is 0 Å². The van der Waals surface area contributed by atoms with Gasteiger partial charge in [0.1, 0.15) is 13.2 Å². The number of ether oxygens (including phenoxy) is 3. The van der Waals surface area contributed by atoms with E-state index in [1.165, 1.54) is 32.1 Å². The van der Waals surface area contributed by atoms with Gasteiger partial charge in [0, 0.05) is 19.3 Å². The van der Waals surface area contributed by atoms with E-state index in [-0.39, 0.29) is 37.5 Å². The van der Waals surface area contributed by atoms with E-state index < -0.39 is 6.10 Å². The van der Waals surface area contributed by atoms with E-state index in [9.17, 15) is 14.4 Å². The second-order valence-electron chi connectivity index (χ2n) is 16.2. The summed E-state index contributed by atoms with van der Waals surface area (Å²) in [5, 5.41) is 0. The molecule has 0 aromatic heterocycles. The normalized spacial score (nSPS) is 13.2. The zero-order chi connectivity index (χ0) is 46.5. The van der Waals surface area contributed by atoms with Gasteiger partial charge in [-0.05, 0) is 83.5 Å². The highest BCUT2D eigenvalue weighted by molar-refractivity contribution is 5.71. The fourth-order valence-corrected chi connectivity index (χ4v) is 6.34. The minimum atomic E-state index is -0.822. The minimum absolute atomic E-state index is 0.118. The van der Waals surface area contributed by atoms with Gasteiger partial charge in [-0.2, -0.15) is 0 Å². The van der Waals surface area contributed by atoms with E-state index >= 15 is 0 Å². The summed E-state index contributed by atoms with van der Waals surface area (Å²) in [5.41, 5.74) is 0. The van der Waals surface area contributed by atoms with Crippen LogP contribution < -0.4 is 0 Å². The van der Waals surface area contributed by atoms with Gasteiger partial charge in [0.25, 0.3) is 0 Å². The van der Waals surface area contributed by atoms with Gasteiger partial charge < -0.3 is 14.2 Å². The van der Waals surface area contributed by atoms with E-state index in [4.69, 9.17) is 14.2 Å². The van der Waals surface area contributed by atoms with Crippen molar-refractivity contribution < 1.29 is 28.6 Å². The second-order valence-corrected chi connectivity index (χ2v) is 16.2. The summed E-state index contributed by atoms with van der Waals surface area (Å²) >= 11 is 0. The molecule has 0 bridgehead atoms. The molecule has 0 saturated carbocycles. The molecule has 0 heterocycles. The molecule has 0 fully saturated rings. The lowest BCUT2D eigenvalue weighted by Crippen LogP contribution is -2.30. The second kappa shape index (κ2) is 51.2. The van der Waals surface area contributed by atoms with Crippen LogP contribution in [-0.2, 0) is 28.6 Å². The molecule has 0 aliphatic heterocycles. The SMILES string of the molecule is CC\C=C/C=C\C=C/C=C\C=C/CCCCCC(=O)OC(COC(=O)CCCCCCC\C=C/C=C\C=C/CC)COC(=O)CCCCCCC\C=C/C=C\C=C/CCCCCCC. The van der Waals surface area contributed by atoms with Gasteiger partial charge in [0.05, 0.1) is 0 Å². The fourth-order valence-electron chi connectivity index (χ4n) is 6.34. The number of allylic oxidation sites excluding steroid dienone is 22. The average molecular weight is 883 g/mol. The maximum Gasteiger partial charge on any atom is 0.306 e. The van der Waals surface area contributed by atoms with E-state index in [2.05, 4.69) is 99.8 Å². The van der Waals surface area contributed by atoms with Crippen LogP contribution in [-0.4, -0.2) is 37.2 Å². The van der Waals surface area contributed by atoms with Gasteiger partial charge in [-0.1, -0.05) is 225 Å². The standard InChI is InChI=1S/C58H90O6/c1-4-7-10-13-16-19-22-25-27-28-29-31-33-36-39-42-45-48-51-57(60)63-54-55(53-62-56(59)50-47-44-41-38-35-32-24-21-18-15-12-9-6-3)64-58(61)52-49-46-43-40-37-34-30-26-23-20-17-14-11-8-5-2/h8-9,11-12,14-15,17-18,20-31,34,37,55H,4-7,10,13,16,19,32-33,35-36,38-54H2,1-3H3/b11-8-,12-9-,17-14-,18-15-,23-20-,24-21-,25-22-,28-27-,30-26-,31-29-,37-34-. The first kappa shape index (κ1) is 59.5. The number of carbonyl (C=O) groups is 3. The number of hydrogen-bond acceptors (Lipinski definition) is 6. The molecular weight excluding hydrogens is 793 g/mol. The summed E-state index contributed by atoms with van der Waals surface area (Å²) in [7, 11) is 0. The Morgan fingerprint density at radius 3 is 0.969 bits per heavy atom. The average Bonchev–Trinajstić information content (AvgIpc) is 3.29. The molecular formula is C58H90O6. The van der Waals surface area contributed by atoms with Crippen molar-refractivity contribution in [2.24, 2.45) is 0 Å². The predicted molar refractivity (Wildman–Crippen MR) is 274 cm³/mol. The zero-order valence-corrected chi connectivity index (χ0v) is 40.7. The highest BCUT2D eigenvalue weighted by Gasteiger charge is 2.19. The van der Waals surface area contributed by atoms with Gasteiger partial charge >= 0.3 is 17.9 Å². The number of esters is 3. The van der Waals surface area contributed by atoms with Crippen molar-refractivity contribution in [2.75, 3.05) is 13.2 Å². The lowest BCUT2D eigenvalue weighted by atomic mass is 10.1. The molecule has 0 N–H and O–H groups in total. The van der Waals surface area contributed by atoms with Crippen molar-refractivity contribution in [1.29, 1.82) is 0 Å². The van der Waals surface area contributed by atoms with Crippen LogP contribution in [0.2, 0.25) is 0 Å². The lowest BCUT2D eigenvalue weighted by molar-refractivity contribution is -0.167. The predicted octanol–water partition coefficient (Wildman–Crippen LogP) is 16.7. The van der Waals surface area contributed by atoms with E-state index in [1.807, 2.05) is 54.7 Å². The maximum atomic E-state index is 12.8. The Labute approximate surface area is 392 Å². The van der Waals surface area contributed by atoms with Crippen LogP contribution in [0.15, 0.2) is 134 Å². The highest BCUT2D eigenvalue weighted by atomic mass is 16.6. The van der Waals surface area contributed by atoms with Crippen LogP contribution in [0.5, 0.6) is 0 Å². The fraction of sp³-hybridized carbons (Fsp3) is 0.569. The molecule has 0 saturated heterocycles. The van der Waals surface area contributed by atoms with E-state index in [1.54, 1.807) is 0 Å². The van der Waals surface area contributed by atoms with Gasteiger partial charge in [-0.25, -0.2) is 0 Å². The van der Waals surface area contributed by atoms with Gasteiger partial charge in [0.2, 0.25) is 0 Å². The van der Waals surface area contributed by atoms with Crippen molar-refractivity contribution in [3.63, 3.8) is 0 Å². The van der Waals surface area contributed by atoms with Crippen molar-refractivity contribution in [3.05, 3.63) is 134 Å². The molecule has 0 aromatic carbocycles. The van der Waals surface area contributed by atoms with Crippen molar-refractivity contribution in [1.82, 2.24) is 0 Å². The summed E-state index contributed by atoms with van der Waals surface area (Å²) in [6, 6.07) is 0. The van der Waals surface area contributed by atoms with Crippen molar-refractivity contribution in [3.8, 4) is 0 Å². The van der Waals surface area contributed by atoms with Gasteiger partial charge in [-0.3, -0.25) is 14.4 Å². The molecule has 0 spiro atoms. The van der Waals surface area contributed by atoms with E-state index in [0.717, 1.165) is 116 Å². The number of rotatable bonds is 43. The molecule has 0 aliphatic carbocycles. The Bertz CT molecular complexity index is 1430. The third-order valence-corrected chi connectivity index (χ3v) is 10.1. The largest absolute Gasteiger partial charge is 0.462 e. The van der Waals surface area contributed by atoms with Crippen molar-refractivity contribution >= 4 is 17.9 Å². The molecule has 64 heavy (non-hydrogen) atoms. The molecule has 1 unspecified atom stereocenters. The topological polar surface area (TPSA) is 78.9 Å². The highest BCUT2D eigenvalue weighted by Crippen LogP contribution is 2.12. The molecule has 0 radical (unpaired) electrons. The van der Waals surface area contributed by atoms with Crippen LogP contribution in [0.3, 0.4) is 0 Å². The smallest absolute Gasteiger partial charge is 0.306 e. The molecule has 6 nitrogen and oxygen atoms in total. The summed E-state index contributed by atoms with van der Waals surface area (Å²) < 4.78 is 16.7. The molecule has 0 aliphatic rings. The zero-order valence-electron chi connectivity index (χ0n) is 40.7. The third-order valence-electron chi connectivity index (χ3n) is 10.1. The van der Waals surface area contributed by atoms with Crippen LogP contribution in [0.4, 0.5) is 0 Å². The Kier molecular flexibility index (Phi) is 47.6. The molecule has 1 atom stereocenters. The third kappa shape index (κ3) is 48.6. The first-order valence-corrected chi connectivity index (χ1v) is 25.3. The lowest BCUT2D eigenvalue weighted by Gasteiger charge is -2.18. The Morgan fingerprint density at radius 2 is 0.609 bits per heavy atom. The first-order chi connectivity index (χ1) is 31.5. The van der Waals surface area contributed by atoms with Gasteiger partial charge in [0.15, 0.2) is 6.10 Å². The summed E-state index contributed by atoms with van der Waals surface area (Å²) in [6.07, 6.45) is 71.4. The Hall–Kier alpha value is -4.45. The number of unbranched alkanes of at least 4 members (excludes halogenated alkanes) is 18. The molecule has 0 rings (SSSR count). The molecule has 0 amide bonds. The monoisotopic (exact) mass is 883 g/mol. The van der Waals surface area contributed by atoms with Crippen LogP contribution in [0.25, 0.3) is 0 Å².